The van der Waals surface area contributed by atoms with Crippen LogP contribution >= 0.6 is 0 Å². The fourth-order valence-electron chi connectivity index (χ4n) is 2.72. The van der Waals surface area contributed by atoms with Gasteiger partial charge in [0.1, 0.15) is 5.82 Å². The van der Waals surface area contributed by atoms with E-state index >= 15 is 0 Å². The lowest BCUT2D eigenvalue weighted by molar-refractivity contribution is 0.101. The maximum Gasteiger partial charge on any atom is 0.161 e. The molecule has 104 valence electrons. The van der Waals surface area contributed by atoms with Crippen LogP contribution in [0, 0.1) is 5.82 Å². The van der Waals surface area contributed by atoms with Gasteiger partial charge in [-0.15, -0.1) is 0 Å². The lowest BCUT2D eigenvalue weighted by Crippen LogP contribution is -2.42. The van der Waals surface area contributed by atoms with Gasteiger partial charge in [0.25, 0.3) is 0 Å². The van der Waals surface area contributed by atoms with E-state index in [1.54, 1.807) is 12.1 Å². The molecule has 1 saturated heterocycles. The predicted molar refractivity (Wildman–Crippen MR) is 75.3 cm³/mol. The number of Topliss-reactive ketones (excluding diaryl/α,β-unsaturated/α-hetero) is 1. The zero-order valence-corrected chi connectivity index (χ0v) is 11.8. The lowest BCUT2D eigenvalue weighted by atomic mass is 10.0. The zero-order chi connectivity index (χ0) is 14.0. The van der Waals surface area contributed by atoms with Gasteiger partial charge in [0.2, 0.25) is 0 Å². The summed E-state index contributed by atoms with van der Waals surface area (Å²) in [4.78, 5) is 15.9. The molecule has 1 aromatic rings. The Balaban J connectivity index is 2.28. The molecule has 1 aliphatic heterocycles. The van der Waals surface area contributed by atoms with Gasteiger partial charge in [-0.25, -0.2) is 4.39 Å². The molecule has 19 heavy (non-hydrogen) atoms. The van der Waals surface area contributed by atoms with Gasteiger partial charge in [0.05, 0.1) is 5.69 Å². The molecule has 0 amide bonds. The van der Waals surface area contributed by atoms with Crippen molar-refractivity contribution in [1.82, 2.24) is 4.90 Å². The quantitative estimate of drug-likeness (QED) is 0.784. The first kappa shape index (κ1) is 14.0. The third kappa shape index (κ3) is 2.95. The molecule has 0 N–H and O–H groups in total. The molecule has 1 heterocycles. The Hall–Kier alpha value is -1.42. The van der Waals surface area contributed by atoms with Crippen LogP contribution in [0.4, 0.5) is 10.1 Å². The molecule has 0 spiro atoms. The summed E-state index contributed by atoms with van der Waals surface area (Å²) in [5.41, 5.74) is 0.922. The number of anilines is 1. The average molecular weight is 264 g/mol. The number of halogens is 1. The van der Waals surface area contributed by atoms with Crippen molar-refractivity contribution in [3.8, 4) is 0 Å². The highest BCUT2D eigenvalue weighted by atomic mass is 19.1. The van der Waals surface area contributed by atoms with Crippen LogP contribution in [0.1, 0.15) is 30.1 Å². The molecule has 1 aliphatic rings. The van der Waals surface area contributed by atoms with E-state index in [9.17, 15) is 9.18 Å². The van der Waals surface area contributed by atoms with Gasteiger partial charge in [0, 0.05) is 18.7 Å². The molecule has 2 rings (SSSR count). The van der Waals surface area contributed by atoms with Crippen LogP contribution in [0.5, 0.6) is 0 Å². The lowest BCUT2D eigenvalue weighted by Gasteiger charge is -2.37. The first-order valence-corrected chi connectivity index (χ1v) is 6.71. The van der Waals surface area contributed by atoms with E-state index in [2.05, 4.69) is 11.9 Å². The maximum absolute atomic E-state index is 14.1. The highest BCUT2D eigenvalue weighted by Gasteiger charge is 2.25. The van der Waals surface area contributed by atoms with Gasteiger partial charge in [0.15, 0.2) is 5.78 Å². The number of likely N-dealkylation sites (tertiary alicyclic amines) is 1. The van der Waals surface area contributed by atoms with Crippen LogP contribution in [-0.4, -0.2) is 43.9 Å². The van der Waals surface area contributed by atoms with Crippen molar-refractivity contribution in [2.24, 2.45) is 0 Å². The number of hydrogen-bond donors (Lipinski definition) is 0. The molecular formula is C15H21FN2O. The van der Waals surface area contributed by atoms with E-state index in [0.717, 1.165) is 25.9 Å². The molecule has 0 aromatic heterocycles. The van der Waals surface area contributed by atoms with Gasteiger partial charge >= 0.3 is 0 Å². The largest absolute Gasteiger partial charge is 0.369 e. The molecule has 0 bridgehead atoms. The molecule has 0 unspecified atom stereocenters. The summed E-state index contributed by atoms with van der Waals surface area (Å²) in [5.74, 6) is -0.400. The van der Waals surface area contributed by atoms with Gasteiger partial charge in [-0.05, 0) is 52.0 Å². The third-order valence-electron chi connectivity index (χ3n) is 3.95. The fourth-order valence-corrected chi connectivity index (χ4v) is 2.72. The summed E-state index contributed by atoms with van der Waals surface area (Å²) in [7, 11) is 3.99. The van der Waals surface area contributed by atoms with Crippen molar-refractivity contribution in [1.29, 1.82) is 0 Å². The van der Waals surface area contributed by atoms with E-state index < -0.39 is 0 Å². The molecule has 4 heteroatoms. The number of carbonyl (C=O) groups excluding carboxylic acids is 1. The second-order valence-corrected chi connectivity index (χ2v) is 5.34. The van der Waals surface area contributed by atoms with Crippen molar-refractivity contribution in [3.05, 3.63) is 29.6 Å². The van der Waals surface area contributed by atoms with Crippen LogP contribution in [0.25, 0.3) is 0 Å². The Kier molecular flexibility index (Phi) is 4.20. The topological polar surface area (TPSA) is 23.6 Å². The van der Waals surface area contributed by atoms with Gasteiger partial charge in [-0.3, -0.25) is 4.79 Å². The van der Waals surface area contributed by atoms with Gasteiger partial charge in [-0.2, -0.15) is 0 Å². The number of nitrogens with zero attached hydrogens (tertiary/aromatic N) is 2. The number of rotatable bonds is 3. The van der Waals surface area contributed by atoms with Crippen LogP contribution in [-0.2, 0) is 0 Å². The molecule has 0 radical (unpaired) electrons. The molecule has 3 nitrogen and oxygen atoms in total. The Morgan fingerprint density at radius 1 is 1.37 bits per heavy atom. The summed E-state index contributed by atoms with van der Waals surface area (Å²) in [5, 5.41) is 0. The zero-order valence-electron chi connectivity index (χ0n) is 11.8. The summed E-state index contributed by atoms with van der Waals surface area (Å²) in [6.45, 7) is 3.51. The number of benzene rings is 1. The van der Waals surface area contributed by atoms with Gasteiger partial charge in [-0.1, -0.05) is 6.07 Å². The molecule has 1 fully saturated rings. The van der Waals surface area contributed by atoms with Crippen molar-refractivity contribution in [3.63, 3.8) is 0 Å². The van der Waals surface area contributed by atoms with Gasteiger partial charge < -0.3 is 9.80 Å². The Bertz CT molecular complexity index is 467. The van der Waals surface area contributed by atoms with Crippen molar-refractivity contribution < 1.29 is 9.18 Å². The van der Waals surface area contributed by atoms with Crippen LogP contribution in [0.15, 0.2) is 18.2 Å². The number of ketones is 1. The smallest absolute Gasteiger partial charge is 0.161 e. The van der Waals surface area contributed by atoms with Crippen LogP contribution in [0.2, 0.25) is 0 Å². The minimum absolute atomic E-state index is 0.0886. The Labute approximate surface area is 114 Å². The van der Waals surface area contributed by atoms with Crippen molar-refractivity contribution in [2.45, 2.75) is 25.8 Å². The average Bonchev–Trinajstić information content (AvgIpc) is 2.38. The minimum atomic E-state index is -0.311. The van der Waals surface area contributed by atoms with E-state index in [1.807, 2.05) is 11.9 Å². The highest BCUT2D eigenvalue weighted by molar-refractivity contribution is 5.99. The van der Waals surface area contributed by atoms with Crippen LogP contribution in [0.3, 0.4) is 0 Å². The molecular weight excluding hydrogens is 243 g/mol. The first-order valence-electron chi connectivity index (χ1n) is 6.71. The first-order chi connectivity index (χ1) is 9.00. The molecule has 0 aliphatic carbocycles. The van der Waals surface area contributed by atoms with Crippen molar-refractivity contribution in [2.75, 3.05) is 32.1 Å². The Morgan fingerprint density at radius 2 is 2.00 bits per heavy atom. The molecule has 0 atom stereocenters. The molecule has 1 aromatic carbocycles. The standard InChI is InChI=1S/C15H21FN2O/c1-11(19)13-5-4-6-14(16)15(13)18(3)12-7-9-17(2)10-8-12/h4-6,12H,7-10H2,1-3H3. The number of piperidine rings is 1. The summed E-state index contributed by atoms with van der Waals surface area (Å²) >= 11 is 0. The number of carbonyl (C=O) groups is 1. The monoisotopic (exact) mass is 264 g/mol. The second-order valence-electron chi connectivity index (χ2n) is 5.34. The maximum atomic E-state index is 14.1. The SMILES string of the molecule is CC(=O)c1cccc(F)c1N(C)C1CCN(C)CC1. The summed E-state index contributed by atoms with van der Waals surface area (Å²) in [6.07, 6.45) is 2.00. The van der Waals surface area contributed by atoms with E-state index in [-0.39, 0.29) is 11.6 Å². The minimum Gasteiger partial charge on any atom is -0.369 e. The summed E-state index contributed by atoms with van der Waals surface area (Å²) < 4.78 is 14.1. The summed E-state index contributed by atoms with van der Waals surface area (Å²) in [6, 6.07) is 5.02. The van der Waals surface area contributed by atoms with E-state index in [4.69, 9.17) is 0 Å². The fraction of sp³-hybridized carbons (Fsp3) is 0.533. The second kappa shape index (κ2) is 5.70. The predicted octanol–water partition coefficient (Wildman–Crippen LogP) is 2.56. The van der Waals surface area contributed by atoms with E-state index in [0.29, 0.717) is 17.3 Å². The Morgan fingerprint density at radius 3 is 2.58 bits per heavy atom. The normalized spacial score (nSPS) is 17.5. The van der Waals surface area contributed by atoms with Crippen LogP contribution < -0.4 is 4.90 Å². The van der Waals surface area contributed by atoms with Crippen molar-refractivity contribution >= 4 is 11.5 Å². The third-order valence-corrected chi connectivity index (χ3v) is 3.95. The number of hydrogen-bond acceptors (Lipinski definition) is 3. The number of para-hydroxylation sites is 1. The molecule has 0 saturated carbocycles. The van der Waals surface area contributed by atoms with E-state index in [1.165, 1.54) is 13.0 Å². The highest BCUT2D eigenvalue weighted by Crippen LogP contribution is 2.28.